The number of rotatable bonds is 3. The molecule has 3 nitrogen and oxygen atoms in total. The number of alkyl halides is 3. The lowest BCUT2D eigenvalue weighted by atomic mass is 10.1. The molecule has 0 saturated carbocycles. The number of furan rings is 1. The average Bonchev–Trinajstić information content (AvgIpc) is 2.75. The Labute approximate surface area is 106 Å². The van der Waals surface area contributed by atoms with E-state index in [2.05, 4.69) is 0 Å². The number of carboxylic acid groups (broad SMARTS) is 1. The molecule has 0 aliphatic carbocycles. The Balaban J connectivity index is 2.23. The van der Waals surface area contributed by atoms with E-state index in [9.17, 15) is 18.0 Å². The number of aliphatic carboxylic acids is 1. The van der Waals surface area contributed by atoms with E-state index in [1.165, 1.54) is 24.3 Å². The zero-order chi connectivity index (χ0) is 14.0. The largest absolute Gasteiger partial charge is 0.481 e. The molecule has 0 unspecified atom stereocenters. The first-order valence-electron chi connectivity index (χ1n) is 5.34. The first-order chi connectivity index (χ1) is 8.86. The van der Waals surface area contributed by atoms with Crippen LogP contribution in [0.15, 0.2) is 40.8 Å². The molecular formula is C13H9F3O3. The van der Waals surface area contributed by atoms with Crippen molar-refractivity contribution in [1.29, 1.82) is 0 Å². The highest BCUT2D eigenvalue weighted by molar-refractivity contribution is 5.69. The van der Waals surface area contributed by atoms with Gasteiger partial charge >= 0.3 is 12.1 Å². The molecular weight excluding hydrogens is 261 g/mol. The Hall–Kier alpha value is -2.24. The van der Waals surface area contributed by atoms with E-state index in [-0.39, 0.29) is 12.2 Å². The number of hydrogen-bond donors (Lipinski definition) is 1. The Bertz CT molecular complexity index is 582. The summed E-state index contributed by atoms with van der Waals surface area (Å²) in [5, 5.41) is 8.59. The molecule has 2 aromatic rings. The van der Waals surface area contributed by atoms with Gasteiger partial charge in [-0.15, -0.1) is 0 Å². The predicted octanol–water partition coefficient (Wildman–Crippen LogP) is 3.59. The minimum Gasteiger partial charge on any atom is -0.481 e. The lowest BCUT2D eigenvalue weighted by Crippen LogP contribution is -2.03. The van der Waals surface area contributed by atoms with Crippen LogP contribution < -0.4 is 0 Å². The summed E-state index contributed by atoms with van der Waals surface area (Å²) >= 11 is 0. The van der Waals surface area contributed by atoms with Crippen LogP contribution in [0.5, 0.6) is 0 Å². The standard InChI is InChI=1S/C13H9F3O3/c14-13(15,16)9-3-1-8(2-4-9)11-6-5-10(19-11)7-12(17)18/h1-6H,7H2,(H,17,18). The molecule has 1 N–H and O–H groups in total. The van der Waals surface area contributed by atoms with Crippen LogP contribution in [-0.2, 0) is 17.4 Å². The molecule has 2 rings (SSSR count). The summed E-state index contributed by atoms with van der Waals surface area (Å²) < 4.78 is 42.4. The van der Waals surface area contributed by atoms with Crippen molar-refractivity contribution in [3.05, 3.63) is 47.7 Å². The molecule has 6 heteroatoms. The molecule has 0 spiro atoms. The quantitative estimate of drug-likeness (QED) is 0.927. The van der Waals surface area contributed by atoms with E-state index in [1.54, 1.807) is 0 Å². The van der Waals surface area contributed by atoms with E-state index in [0.29, 0.717) is 11.3 Å². The summed E-state index contributed by atoms with van der Waals surface area (Å²) in [7, 11) is 0. The molecule has 0 bridgehead atoms. The molecule has 19 heavy (non-hydrogen) atoms. The molecule has 0 aliphatic rings. The van der Waals surface area contributed by atoms with Crippen molar-refractivity contribution < 1.29 is 27.5 Å². The molecule has 1 heterocycles. The lowest BCUT2D eigenvalue weighted by Gasteiger charge is -2.06. The van der Waals surface area contributed by atoms with Crippen molar-refractivity contribution >= 4 is 5.97 Å². The zero-order valence-corrected chi connectivity index (χ0v) is 9.57. The molecule has 0 radical (unpaired) electrons. The van der Waals surface area contributed by atoms with Gasteiger partial charge in [-0.2, -0.15) is 13.2 Å². The summed E-state index contributed by atoms with van der Waals surface area (Å²) in [6.45, 7) is 0. The van der Waals surface area contributed by atoms with Gasteiger partial charge in [0.25, 0.3) is 0 Å². The Morgan fingerprint density at radius 1 is 1.11 bits per heavy atom. The van der Waals surface area contributed by atoms with Crippen molar-refractivity contribution in [3.63, 3.8) is 0 Å². The van der Waals surface area contributed by atoms with Gasteiger partial charge in [0.2, 0.25) is 0 Å². The van der Waals surface area contributed by atoms with Crippen LogP contribution in [0.4, 0.5) is 13.2 Å². The minimum absolute atomic E-state index is 0.252. The minimum atomic E-state index is -4.38. The van der Waals surface area contributed by atoms with Crippen LogP contribution in [0.25, 0.3) is 11.3 Å². The SMILES string of the molecule is O=C(O)Cc1ccc(-c2ccc(C(F)(F)F)cc2)o1. The van der Waals surface area contributed by atoms with Crippen molar-refractivity contribution in [2.45, 2.75) is 12.6 Å². The number of hydrogen-bond acceptors (Lipinski definition) is 2. The third kappa shape index (κ3) is 3.15. The van der Waals surface area contributed by atoms with Crippen molar-refractivity contribution in [2.75, 3.05) is 0 Å². The number of carboxylic acids is 1. The second kappa shape index (κ2) is 4.79. The molecule has 0 amide bonds. The Morgan fingerprint density at radius 2 is 1.74 bits per heavy atom. The number of benzene rings is 1. The van der Waals surface area contributed by atoms with Gasteiger partial charge in [-0.25, -0.2) is 0 Å². The van der Waals surface area contributed by atoms with Gasteiger partial charge in [0.15, 0.2) is 0 Å². The van der Waals surface area contributed by atoms with Crippen molar-refractivity contribution in [3.8, 4) is 11.3 Å². The first kappa shape index (κ1) is 13.2. The van der Waals surface area contributed by atoms with Crippen molar-refractivity contribution in [1.82, 2.24) is 0 Å². The van der Waals surface area contributed by atoms with Crippen LogP contribution >= 0.6 is 0 Å². The van der Waals surface area contributed by atoms with Crippen molar-refractivity contribution in [2.24, 2.45) is 0 Å². The van der Waals surface area contributed by atoms with Crippen LogP contribution in [0, 0.1) is 0 Å². The smallest absolute Gasteiger partial charge is 0.416 e. The van der Waals surface area contributed by atoms with Crippen LogP contribution in [0.2, 0.25) is 0 Å². The summed E-state index contributed by atoms with van der Waals surface area (Å²) in [6, 6.07) is 7.49. The van der Waals surface area contributed by atoms with Gasteiger partial charge in [-0.05, 0) is 24.3 Å². The van der Waals surface area contributed by atoms with Gasteiger partial charge in [0.1, 0.15) is 17.9 Å². The molecule has 1 aromatic carbocycles. The average molecular weight is 270 g/mol. The second-order valence-corrected chi connectivity index (χ2v) is 3.91. The van der Waals surface area contributed by atoms with E-state index in [1.807, 2.05) is 0 Å². The van der Waals surface area contributed by atoms with E-state index >= 15 is 0 Å². The maximum Gasteiger partial charge on any atom is 0.416 e. The van der Waals surface area contributed by atoms with Gasteiger partial charge < -0.3 is 9.52 Å². The summed E-state index contributed by atoms with van der Waals surface area (Å²) in [6.07, 6.45) is -4.64. The lowest BCUT2D eigenvalue weighted by molar-refractivity contribution is -0.138. The molecule has 100 valence electrons. The monoisotopic (exact) mass is 270 g/mol. The molecule has 0 aliphatic heterocycles. The van der Waals surface area contributed by atoms with E-state index in [0.717, 1.165) is 12.1 Å². The van der Waals surface area contributed by atoms with Crippen LogP contribution in [-0.4, -0.2) is 11.1 Å². The second-order valence-electron chi connectivity index (χ2n) is 3.91. The van der Waals surface area contributed by atoms with E-state index < -0.39 is 17.7 Å². The highest BCUT2D eigenvalue weighted by Gasteiger charge is 2.30. The highest BCUT2D eigenvalue weighted by atomic mass is 19.4. The van der Waals surface area contributed by atoms with Gasteiger partial charge in [0, 0.05) is 5.56 Å². The maximum absolute atomic E-state index is 12.4. The summed E-state index contributed by atoms with van der Waals surface area (Å²) in [5.74, 6) is -0.444. The summed E-state index contributed by atoms with van der Waals surface area (Å²) in [5.41, 5.74) is -0.279. The fourth-order valence-corrected chi connectivity index (χ4v) is 1.60. The molecule has 0 fully saturated rings. The fraction of sp³-hybridized carbons (Fsp3) is 0.154. The Morgan fingerprint density at radius 3 is 2.26 bits per heavy atom. The van der Waals surface area contributed by atoms with Gasteiger partial charge in [0.05, 0.1) is 5.56 Å². The predicted molar refractivity (Wildman–Crippen MR) is 60.5 cm³/mol. The number of carbonyl (C=O) groups is 1. The highest BCUT2D eigenvalue weighted by Crippen LogP contribution is 2.31. The zero-order valence-electron chi connectivity index (χ0n) is 9.57. The van der Waals surface area contributed by atoms with E-state index in [4.69, 9.17) is 9.52 Å². The molecule has 0 atom stereocenters. The fourth-order valence-electron chi connectivity index (χ4n) is 1.60. The number of halogens is 3. The molecule has 1 aromatic heterocycles. The third-order valence-electron chi connectivity index (χ3n) is 2.48. The van der Waals surface area contributed by atoms with Gasteiger partial charge in [-0.1, -0.05) is 12.1 Å². The maximum atomic E-state index is 12.4. The normalized spacial score (nSPS) is 11.5. The molecule has 0 saturated heterocycles. The summed E-state index contributed by atoms with van der Waals surface area (Å²) in [4.78, 5) is 10.5. The third-order valence-corrected chi connectivity index (χ3v) is 2.48. The van der Waals surface area contributed by atoms with Crippen LogP contribution in [0.1, 0.15) is 11.3 Å². The first-order valence-corrected chi connectivity index (χ1v) is 5.34. The Kier molecular flexibility index (Phi) is 3.33. The van der Waals surface area contributed by atoms with Crippen LogP contribution in [0.3, 0.4) is 0 Å². The van der Waals surface area contributed by atoms with Gasteiger partial charge in [-0.3, -0.25) is 4.79 Å². The topological polar surface area (TPSA) is 50.4 Å².